The van der Waals surface area contributed by atoms with Crippen molar-refractivity contribution in [1.29, 1.82) is 0 Å². The molecule has 1 aromatic heterocycles. The molecule has 7 nitrogen and oxygen atoms in total. The maximum Gasteiger partial charge on any atom is 0.323 e. The smallest absolute Gasteiger partial charge is 0.307 e. The molecule has 20 heavy (non-hydrogen) atoms. The number of amides is 2. The van der Waals surface area contributed by atoms with Crippen LogP contribution in [-0.2, 0) is 0 Å². The fourth-order valence-corrected chi connectivity index (χ4v) is 1.61. The van der Waals surface area contributed by atoms with Gasteiger partial charge in [-0.2, -0.15) is 0 Å². The monoisotopic (exact) mass is 272 g/mol. The van der Waals surface area contributed by atoms with Crippen LogP contribution < -0.4 is 10.6 Å². The Balaban J connectivity index is 2.08. The minimum atomic E-state index is -0.490. The predicted molar refractivity (Wildman–Crippen MR) is 74.7 cm³/mol. The molecule has 0 bridgehead atoms. The van der Waals surface area contributed by atoms with Crippen LogP contribution in [-0.4, -0.2) is 15.9 Å². The highest BCUT2D eigenvalue weighted by atomic mass is 16.6. The van der Waals surface area contributed by atoms with Crippen LogP contribution in [0, 0.1) is 17.0 Å². The summed E-state index contributed by atoms with van der Waals surface area (Å²) in [5, 5.41) is 15.9. The number of hydrogen-bond donors (Lipinski definition) is 2. The molecule has 0 radical (unpaired) electrons. The first-order chi connectivity index (χ1) is 9.56. The number of urea groups is 1. The van der Waals surface area contributed by atoms with Gasteiger partial charge in [-0.3, -0.25) is 15.1 Å². The molecule has 0 spiro atoms. The van der Waals surface area contributed by atoms with Gasteiger partial charge in [-0.1, -0.05) is 6.07 Å². The van der Waals surface area contributed by atoms with Crippen molar-refractivity contribution in [3.63, 3.8) is 0 Å². The molecule has 1 aromatic carbocycles. The van der Waals surface area contributed by atoms with Crippen LogP contribution in [0.25, 0.3) is 0 Å². The van der Waals surface area contributed by atoms with Crippen molar-refractivity contribution in [3.8, 4) is 0 Å². The number of hydrogen-bond acceptors (Lipinski definition) is 4. The summed E-state index contributed by atoms with van der Waals surface area (Å²) >= 11 is 0. The highest BCUT2D eigenvalue weighted by Gasteiger charge is 2.12. The van der Waals surface area contributed by atoms with E-state index in [1.54, 1.807) is 37.4 Å². The number of carbonyl (C=O) groups excluding carboxylic acids is 1. The molecule has 2 rings (SSSR count). The minimum absolute atomic E-state index is 0.0378. The summed E-state index contributed by atoms with van der Waals surface area (Å²) in [6.45, 7) is 1.64. The number of pyridine rings is 1. The molecule has 2 N–H and O–H groups in total. The number of benzene rings is 1. The lowest BCUT2D eigenvalue weighted by atomic mass is 10.2. The highest BCUT2D eigenvalue weighted by Crippen LogP contribution is 2.22. The molecule has 0 saturated carbocycles. The molecule has 0 unspecified atom stereocenters. The zero-order valence-corrected chi connectivity index (χ0v) is 10.7. The first kappa shape index (κ1) is 13.5. The number of nitro benzene ring substituents is 1. The number of nitrogens with one attached hydrogen (secondary N) is 2. The maximum atomic E-state index is 11.7. The second-order valence-electron chi connectivity index (χ2n) is 4.08. The molecule has 2 aromatic rings. The third-order valence-electron chi connectivity index (χ3n) is 2.58. The number of anilines is 2. The van der Waals surface area contributed by atoms with Crippen LogP contribution in [0.4, 0.5) is 21.9 Å². The van der Waals surface area contributed by atoms with E-state index >= 15 is 0 Å². The lowest BCUT2D eigenvalue weighted by Gasteiger charge is -2.07. The molecule has 0 atom stereocenters. The van der Waals surface area contributed by atoms with Gasteiger partial charge in [-0.25, -0.2) is 4.79 Å². The molecule has 1 heterocycles. The van der Waals surface area contributed by atoms with Crippen molar-refractivity contribution in [2.75, 3.05) is 10.6 Å². The number of nitrogens with zero attached hydrogens (tertiary/aromatic N) is 2. The van der Waals surface area contributed by atoms with Crippen LogP contribution in [0.2, 0.25) is 0 Å². The number of aryl methyl sites for hydroxylation is 1. The molecule has 2 amide bonds. The Morgan fingerprint density at radius 1 is 1.25 bits per heavy atom. The number of carbonyl (C=O) groups is 1. The van der Waals surface area contributed by atoms with Crippen molar-refractivity contribution in [3.05, 3.63) is 58.4 Å². The Morgan fingerprint density at radius 3 is 2.65 bits per heavy atom. The van der Waals surface area contributed by atoms with Crippen molar-refractivity contribution in [2.45, 2.75) is 6.92 Å². The normalized spacial score (nSPS) is 9.85. The van der Waals surface area contributed by atoms with Crippen LogP contribution in [0.5, 0.6) is 0 Å². The van der Waals surface area contributed by atoms with Gasteiger partial charge in [0.15, 0.2) is 0 Å². The van der Waals surface area contributed by atoms with Gasteiger partial charge in [0.2, 0.25) is 0 Å². The van der Waals surface area contributed by atoms with Gasteiger partial charge in [0.1, 0.15) is 0 Å². The number of aromatic nitrogens is 1. The lowest BCUT2D eigenvalue weighted by Crippen LogP contribution is -2.19. The van der Waals surface area contributed by atoms with Crippen molar-refractivity contribution >= 4 is 23.1 Å². The Bertz CT molecular complexity index is 643. The van der Waals surface area contributed by atoms with Gasteiger partial charge in [-0.15, -0.1) is 0 Å². The third kappa shape index (κ3) is 3.29. The Morgan fingerprint density at radius 2 is 2.00 bits per heavy atom. The molecule has 0 saturated heterocycles. The Kier molecular flexibility index (Phi) is 3.90. The zero-order valence-electron chi connectivity index (χ0n) is 10.7. The minimum Gasteiger partial charge on any atom is -0.307 e. The SMILES string of the molecule is Cc1ccc(NC(=O)Nc2cccnc2)cc1[N+](=O)[O-]. The summed E-state index contributed by atoms with van der Waals surface area (Å²) in [6.07, 6.45) is 3.09. The van der Waals surface area contributed by atoms with E-state index in [4.69, 9.17) is 0 Å². The number of rotatable bonds is 3. The van der Waals surface area contributed by atoms with Crippen LogP contribution in [0.15, 0.2) is 42.7 Å². The van der Waals surface area contributed by atoms with Crippen molar-refractivity contribution in [2.24, 2.45) is 0 Å². The van der Waals surface area contributed by atoms with Gasteiger partial charge in [0.25, 0.3) is 5.69 Å². The number of nitro groups is 1. The maximum absolute atomic E-state index is 11.7. The van der Waals surface area contributed by atoms with E-state index in [1.807, 2.05) is 0 Å². The largest absolute Gasteiger partial charge is 0.323 e. The van der Waals surface area contributed by atoms with Gasteiger partial charge in [0, 0.05) is 23.5 Å². The fourth-order valence-electron chi connectivity index (χ4n) is 1.61. The van der Waals surface area contributed by atoms with E-state index in [9.17, 15) is 14.9 Å². The first-order valence-electron chi connectivity index (χ1n) is 5.79. The van der Waals surface area contributed by atoms with Gasteiger partial charge in [-0.05, 0) is 25.1 Å². The molecule has 0 aliphatic heterocycles. The summed E-state index contributed by atoms with van der Waals surface area (Å²) in [7, 11) is 0. The van der Waals surface area contributed by atoms with Crippen LogP contribution in [0.1, 0.15) is 5.56 Å². The quantitative estimate of drug-likeness (QED) is 0.663. The molecule has 0 aliphatic carbocycles. The van der Waals surface area contributed by atoms with Crippen molar-refractivity contribution < 1.29 is 9.72 Å². The van der Waals surface area contributed by atoms with Gasteiger partial charge in [0.05, 0.1) is 16.8 Å². The predicted octanol–water partition coefficient (Wildman–Crippen LogP) is 2.94. The van der Waals surface area contributed by atoms with Gasteiger partial charge >= 0.3 is 6.03 Å². The van der Waals surface area contributed by atoms with Crippen molar-refractivity contribution in [1.82, 2.24) is 4.98 Å². The summed E-state index contributed by atoms with van der Waals surface area (Å²) in [6, 6.07) is 7.38. The molecular weight excluding hydrogens is 260 g/mol. The van der Waals surface area contributed by atoms with E-state index in [1.165, 1.54) is 12.3 Å². The fraction of sp³-hybridized carbons (Fsp3) is 0.0769. The summed E-state index contributed by atoms with van der Waals surface area (Å²) in [5.74, 6) is 0. The average Bonchev–Trinajstić information content (AvgIpc) is 2.41. The summed E-state index contributed by atoms with van der Waals surface area (Å²) < 4.78 is 0. The summed E-state index contributed by atoms with van der Waals surface area (Å²) in [4.78, 5) is 25.9. The van der Waals surface area contributed by atoms with E-state index in [2.05, 4.69) is 15.6 Å². The first-order valence-corrected chi connectivity index (χ1v) is 5.79. The molecule has 0 fully saturated rings. The highest BCUT2D eigenvalue weighted by molar-refractivity contribution is 5.99. The second-order valence-corrected chi connectivity index (χ2v) is 4.08. The van der Waals surface area contributed by atoms with E-state index in [0.29, 0.717) is 16.9 Å². The Hall–Kier alpha value is -2.96. The lowest BCUT2D eigenvalue weighted by molar-refractivity contribution is -0.385. The van der Waals surface area contributed by atoms with Crippen LogP contribution >= 0.6 is 0 Å². The third-order valence-corrected chi connectivity index (χ3v) is 2.58. The zero-order chi connectivity index (χ0) is 14.5. The van der Waals surface area contributed by atoms with E-state index in [0.717, 1.165) is 0 Å². The molecular formula is C13H12N4O3. The second kappa shape index (κ2) is 5.79. The standard InChI is InChI=1S/C13H12N4O3/c1-9-4-5-10(7-12(9)17(19)20)15-13(18)16-11-3-2-6-14-8-11/h2-8H,1H3,(H2,15,16,18). The molecule has 7 heteroatoms. The average molecular weight is 272 g/mol. The Labute approximate surface area is 114 Å². The van der Waals surface area contributed by atoms with Gasteiger partial charge < -0.3 is 10.6 Å². The van der Waals surface area contributed by atoms with E-state index in [-0.39, 0.29) is 5.69 Å². The topological polar surface area (TPSA) is 97.2 Å². The van der Waals surface area contributed by atoms with Crippen LogP contribution in [0.3, 0.4) is 0 Å². The summed E-state index contributed by atoms with van der Waals surface area (Å²) in [5.41, 5.74) is 1.38. The van der Waals surface area contributed by atoms with E-state index < -0.39 is 11.0 Å². The molecule has 0 aliphatic rings. The molecule has 102 valence electrons.